The summed E-state index contributed by atoms with van der Waals surface area (Å²) in [6.07, 6.45) is 1.60. The molecule has 0 bridgehead atoms. The van der Waals surface area contributed by atoms with Gasteiger partial charge in [0.15, 0.2) is 0 Å². The second-order valence-corrected chi connectivity index (χ2v) is 7.86. The van der Waals surface area contributed by atoms with Crippen molar-refractivity contribution in [3.05, 3.63) is 0 Å². The van der Waals surface area contributed by atoms with Crippen molar-refractivity contribution in [2.45, 2.75) is 45.5 Å². The van der Waals surface area contributed by atoms with Crippen LogP contribution in [0.2, 0.25) is 0 Å². The van der Waals surface area contributed by atoms with E-state index in [1.165, 1.54) is 0 Å². The van der Waals surface area contributed by atoms with Gasteiger partial charge in [0.1, 0.15) is 4.32 Å². The lowest BCUT2D eigenvalue weighted by molar-refractivity contribution is -0.139. The van der Waals surface area contributed by atoms with E-state index in [1.807, 2.05) is 13.8 Å². The van der Waals surface area contributed by atoms with Crippen molar-refractivity contribution in [1.29, 1.82) is 0 Å². The van der Waals surface area contributed by atoms with Crippen LogP contribution in [0.1, 0.15) is 26.7 Å². The highest BCUT2D eigenvalue weighted by Gasteiger charge is 2.49. The smallest absolute Gasteiger partial charge is 0.322 e. The van der Waals surface area contributed by atoms with Crippen LogP contribution < -0.4 is 0 Å². The number of carboxylic acid groups (broad SMARTS) is 1. The molecule has 90 valence electrons. The van der Waals surface area contributed by atoms with Crippen molar-refractivity contribution in [1.82, 2.24) is 0 Å². The molecule has 6 heteroatoms. The molecule has 0 aromatic rings. The highest BCUT2D eigenvalue weighted by atomic mass is 79.9. The minimum Gasteiger partial charge on any atom is -0.480 e. The fourth-order valence-corrected chi connectivity index (χ4v) is 4.33. The molecule has 0 heterocycles. The monoisotopic (exact) mass is 470 g/mol. The summed E-state index contributed by atoms with van der Waals surface area (Å²) >= 11 is 13.7. The minimum absolute atomic E-state index is 0.111. The number of carboxylic acids is 1. The van der Waals surface area contributed by atoms with Crippen LogP contribution in [0.4, 0.5) is 0 Å². The predicted molar refractivity (Wildman–Crippen MR) is 78.0 cm³/mol. The molecule has 0 amide bonds. The van der Waals surface area contributed by atoms with E-state index >= 15 is 0 Å². The molecule has 4 atom stereocenters. The third kappa shape index (κ3) is 3.68. The number of rotatable bonds is 6. The predicted octanol–water partition coefficient (Wildman–Crippen LogP) is 4.32. The van der Waals surface area contributed by atoms with Gasteiger partial charge in [-0.2, -0.15) is 0 Å². The Morgan fingerprint density at radius 2 is 1.73 bits per heavy atom. The van der Waals surface area contributed by atoms with Crippen molar-refractivity contribution in [2.24, 2.45) is 0 Å². The molecular weight excluding hydrogens is 460 g/mol. The first kappa shape index (κ1) is 16.4. The molecule has 0 aliphatic rings. The van der Waals surface area contributed by atoms with Crippen molar-refractivity contribution in [2.75, 3.05) is 0 Å². The highest BCUT2D eigenvalue weighted by Crippen LogP contribution is 2.41. The molecule has 2 nitrogen and oxygen atoms in total. The third-order valence-corrected chi connectivity index (χ3v) is 9.48. The van der Waals surface area contributed by atoms with E-state index in [2.05, 4.69) is 63.7 Å². The Kier molecular flexibility index (Phi) is 7.61. The van der Waals surface area contributed by atoms with Crippen LogP contribution in [0.25, 0.3) is 0 Å². The Morgan fingerprint density at radius 3 is 2.00 bits per heavy atom. The number of aliphatic carboxylic acids is 1. The van der Waals surface area contributed by atoms with Gasteiger partial charge in [-0.15, -0.1) is 0 Å². The van der Waals surface area contributed by atoms with Gasteiger partial charge in [0.05, 0.1) is 4.83 Å². The molecule has 0 aliphatic carbocycles. The normalized spacial score (nSPS) is 21.5. The lowest BCUT2D eigenvalue weighted by atomic mass is 9.96. The summed E-state index contributed by atoms with van der Waals surface area (Å²) in [7, 11) is 0. The van der Waals surface area contributed by atoms with Crippen molar-refractivity contribution in [3.63, 3.8) is 0 Å². The molecule has 1 N–H and O–H groups in total. The summed E-state index contributed by atoms with van der Waals surface area (Å²) in [5.74, 6) is -0.856. The van der Waals surface area contributed by atoms with Crippen LogP contribution in [-0.4, -0.2) is 29.9 Å². The van der Waals surface area contributed by atoms with Gasteiger partial charge in [-0.1, -0.05) is 77.6 Å². The SMILES string of the molecule is CCC(Br)C(Br)C(Br)(C(=O)O)C(Br)CC. The van der Waals surface area contributed by atoms with Gasteiger partial charge in [-0.25, -0.2) is 0 Å². The molecule has 0 saturated carbocycles. The van der Waals surface area contributed by atoms with E-state index < -0.39 is 10.3 Å². The first-order chi connectivity index (χ1) is 6.82. The number of halogens is 4. The van der Waals surface area contributed by atoms with E-state index in [0.29, 0.717) is 0 Å². The molecule has 15 heavy (non-hydrogen) atoms. The second kappa shape index (κ2) is 6.97. The average Bonchev–Trinajstić information content (AvgIpc) is 2.24. The molecule has 0 fully saturated rings. The topological polar surface area (TPSA) is 37.3 Å². The number of hydrogen-bond donors (Lipinski definition) is 1. The third-order valence-electron chi connectivity index (χ3n) is 2.25. The maximum atomic E-state index is 11.4. The molecule has 0 saturated heterocycles. The van der Waals surface area contributed by atoms with E-state index in [0.717, 1.165) is 12.8 Å². The largest absolute Gasteiger partial charge is 0.480 e. The van der Waals surface area contributed by atoms with Crippen LogP contribution >= 0.6 is 63.7 Å². The average molecular weight is 474 g/mol. The van der Waals surface area contributed by atoms with Crippen LogP contribution in [0, 0.1) is 0 Å². The van der Waals surface area contributed by atoms with Crippen molar-refractivity contribution < 1.29 is 9.90 Å². The van der Waals surface area contributed by atoms with E-state index in [-0.39, 0.29) is 14.5 Å². The van der Waals surface area contributed by atoms with Crippen LogP contribution in [0.3, 0.4) is 0 Å². The quantitative estimate of drug-likeness (QED) is 0.584. The molecule has 4 unspecified atom stereocenters. The molecule has 0 aromatic heterocycles. The minimum atomic E-state index is -0.994. The Bertz CT molecular complexity index is 224. The van der Waals surface area contributed by atoms with Crippen LogP contribution in [0.5, 0.6) is 0 Å². The molecular formula is C9H14Br4O2. The Morgan fingerprint density at radius 1 is 1.27 bits per heavy atom. The van der Waals surface area contributed by atoms with Gasteiger partial charge in [0.25, 0.3) is 0 Å². The number of alkyl halides is 4. The van der Waals surface area contributed by atoms with Gasteiger partial charge >= 0.3 is 5.97 Å². The van der Waals surface area contributed by atoms with Gasteiger partial charge in [0, 0.05) is 9.65 Å². The van der Waals surface area contributed by atoms with Gasteiger partial charge < -0.3 is 5.11 Å². The Balaban J connectivity index is 5.02. The lowest BCUT2D eigenvalue weighted by Gasteiger charge is -2.34. The summed E-state index contributed by atoms with van der Waals surface area (Å²) in [5, 5.41) is 9.32. The summed E-state index contributed by atoms with van der Waals surface area (Å²) in [4.78, 5) is 11.2. The van der Waals surface area contributed by atoms with Crippen LogP contribution in [-0.2, 0) is 4.79 Å². The molecule has 0 radical (unpaired) electrons. The van der Waals surface area contributed by atoms with Crippen LogP contribution in [0.15, 0.2) is 0 Å². The second-order valence-electron chi connectivity index (χ2n) is 3.27. The fraction of sp³-hybridized carbons (Fsp3) is 0.889. The van der Waals surface area contributed by atoms with E-state index in [1.54, 1.807) is 0 Å². The number of hydrogen-bond acceptors (Lipinski definition) is 1. The first-order valence-electron chi connectivity index (χ1n) is 4.66. The molecule has 0 rings (SSSR count). The van der Waals surface area contributed by atoms with Gasteiger partial charge in [-0.3, -0.25) is 4.79 Å². The zero-order chi connectivity index (χ0) is 12.2. The zero-order valence-corrected chi connectivity index (χ0v) is 14.9. The lowest BCUT2D eigenvalue weighted by Crippen LogP contribution is -2.51. The maximum absolute atomic E-state index is 11.4. The summed E-state index contributed by atoms with van der Waals surface area (Å²) < 4.78 is -0.994. The van der Waals surface area contributed by atoms with Gasteiger partial charge in [0.2, 0.25) is 0 Å². The standard InChI is InChI=1S/C9H14Br4O2/c1-3-5(10)7(12)9(13,8(14)15)6(11)4-2/h5-7H,3-4H2,1-2H3,(H,14,15). The summed E-state index contributed by atoms with van der Waals surface area (Å²) in [6.45, 7) is 3.96. The maximum Gasteiger partial charge on any atom is 0.322 e. The highest BCUT2D eigenvalue weighted by molar-refractivity contribution is 9.15. The first-order valence-corrected chi connectivity index (χ1v) is 8.20. The molecule has 0 aliphatic heterocycles. The van der Waals surface area contributed by atoms with E-state index in [4.69, 9.17) is 0 Å². The number of carbonyl (C=O) groups is 1. The Labute approximate surface area is 124 Å². The fourth-order valence-electron chi connectivity index (χ4n) is 1.19. The van der Waals surface area contributed by atoms with Crippen molar-refractivity contribution >= 4 is 69.7 Å². The van der Waals surface area contributed by atoms with Crippen molar-refractivity contribution in [3.8, 4) is 0 Å². The van der Waals surface area contributed by atoms with Gasteiger partial charge in [-0.05, 0) is 12.8 Å². The molecule has 0 spiro atoms. The van der Waals surface area contributed by atoms with E-state index in [9.17, 15) is 9.90 Å². The summed E-state index contributed by atoms with van der Waals surface area (Å²) in [5.41, 5.74) is 0. The Hall–Kier alpha value is 1.39. The molecule has 0 aromatic carbocycles. The zero-order valence-electron chi connectivity index (χ0n) is 8.51. The summed E-state index contributed by atoms with van der Waals surface area (Å²) in [6, 6.07) is 0.